The van der Waals surface area contributed by atoms with E-state index in [1.807, 2.05) is 0 Å². The average Bonchev–Trinajstić information content (AvgIpc) is 3.26. The van der Waals surface area contributed by atoms with Gasteiger partial charge in [0, 0.05) is 6.04 Å². The Bertz CT molecular complexity index is 578. The molecule has 0 heterocycles. The molecule has 3 unspecified atom stereocenters. The van der Waals surface area contributed by atoms with Gasteiger partial charge in [-0.15, -0.1) is 0 Å². The molecule has 146 valence electrons. The van der Waals surface area contributed by atoms with Gasteiger partial charge in [0.2, 0.25) is 0 Å². The zero-order valence-corrected chi connectivity index (χ0v) is 17.0. The minimum atomic E-state index is -4.25. The van der Waals surface area contributed by atoms with E-state index in [1.54, 1.807) is 12.1 Å². The van der Waals surface area contributed by atoms with E-state index in [2.05, 4.69) is 25.9 Å². The summed E-state index contributed by atoms with van der Waals surface area (Å²) in [6.07, 6.45) is 4.60. The van der Waals surface area contributed by atoms with E-state index >= 15 is 0 Å². The van der Waals surface area contributed by atoms with Gasteiger partial charge in [0.05, 0.1) is 5.56 Å². The van der Waals surface area contributed by atoms with Crippen LogP contribution in [-0.4, -0.2) is 36.4 Å². The number of alkyl halides is 3. The van der Waals surface area contributed by atoms with Gasteiger partial charge in [0.1, 0.15) is 0 Å². The second-order valence-corrected chi connectivity index (χ2v) is 11.0. The third kappa shape index (κ3) is 4.28. The van der Waals surface area contributed by atoms with Crippen LogP contribution < -0.4 is 5.30 Å². The van der Waals surface area contributed by atoms with Crippen molar-refractivity contribution in [1.29, 1.82) is 0 Å². The number of halogens is 3. The summed E-state index contributed by atoms with van der Waals surface area (Å²) in [6, 6.07) is 6.73. The van der Waals surface area contributed by atoms with Crippen molar-refractivity contribution in [1.82, 2.24) is 4.90 Å². The van der Waals surface area contributed by atoms with Gasteiger partial charge in [0.25, 0.3) is 0 Å². The minimum Gasteiger partial charge on any atom is -0.306 e. The molecule has 0 bridgehead atoms. The van der Waals surface area contributed by atoms with Crippen molar-refractivity contribution in [3.8, 4) is 0 Å². The van der Waals surface area contributed by atoms with E-state index in [-0.39, 0.29) is 0 Å². The zero-order chi connectivity index (χ0) is 18.9. The largest absolute Gasteiger partial charge is 0.416 e. The highest BCUT2D eigenvalue weighted by molar-refractivity contribution is 7.67. The summed E-state index contributed by atoms with van der Waals surface area (Å²) in [6.45, 7) is 2.32. The molecule has 0 aromatic heterocycles. The van der Waals surface area contributed by atoms with Gasteiger partial charge in [-0.3, -0.25) is 0 Å². The Morgan fingerprint density at radius 3 is 2.12 bits per heavy atom. The number of hydrogen-bond acceptors (Lipinski definition) is 1. The van der Waals surface area contributed by atoms with Crippen LogP contribution in [0.1, 0.15) is 57.4 Å². The van der Waals surface area contributed by atoms with E-state index in [0.717, 1.165) is 0 Å². The quantitative estimate of drug-likeness (QED) is 0.573. The second-order valence-electron chi connectivity index (χ2n) is 8.26. The van der Waals surface area contributed by atoms with Crippen molar-refractivity contribution in [2.24, 2.45) is 5.92 Å². The lowest BCUT2D eigenvalue weighted by atomic mass is 9.98. The predicted octanol–water partition coefficient (Wildman–Crippen LogP) is 5.87. The molecule has 0 N–H and O–H groups in total. The Morgan fingerprint density at radius 2 is 1.58 bits per heavy atom. The Labute approximate surface area is 157 Å². The standard InChI is InChI=1S/C21H31F3NP/c1-15(25(2)3)19-9-6-10-20(19)26(17-7-4-5-8-17)18-13-11-16(12-14-18)21(22,23)24/h11-15,17,19-20H,4-10H2,1-3H3/t15-,19?,20?,26?/m1/s1. The molecule has 2 fully saturated rings. The molecule has 0 amide bonds. The van der Waals surface area contributed by atoms with E-state index in [4.69, 9.17) is 0 Å². The van der Waals surface area contributed by atoms with Crippen molar-refractivity contribution in [2.75, 3.05) is 14.1 Å². The smallest absolute Gasteiger partial charge is 0.306 e. The van der Waals surface area contributed by atoms with Crippen LogP contribution >= 0.6 is 7.92 Å². The summed E-state index contributed by atoms with van der Waals surface area (Å²) in [4.78, 5) is 2.32. The van der Waals surface area contributed by atoms with Gasteiger partial charge in [0.15, 0.2) is 0 Å². The second kappa shape index (κ2) is 8.19. The first-order chi connectivity index (χ1) is 12.3. The lowest BCUT2D eigenvalue weighted by molar-refractivity contribution is -0.137. The maximum absolute atomic E-state index is 13.0. The van der Waals surface area contributed by atoms with E-state index < -0.39 is 19.7 Å². The molecule has 1 aromatic carbocycles. The van der Waals surface area contributed by atoms with Gasteiger partial charge in [-0.2, -0.15) is 13.2 Å². The highest BCUT2D eigenvalue weighted by atomic mass is 31.1. The van der Waals surface area contributed by atoms with Gasteiger partial charge in [-0.05, 0) is 81.4 Å². The molecular weight excluding hydrogens is 354 g/mol. The number of hydrogen-bond donors (Lipinski definition) is 0. The molecule has 2 aliphatic carbocycles. The molecule has 1 aromatic rings. The number of rotatable bonds is 5. The van der Waals surface area contributed by atoms with Crippen molar-refractivity contribution in [2.45, 2.75) is 75.4 Å². The van der Waals surface area contributed by atoms with Gasteiger partial charge >= 0.3 is 6.18 Å². The molecule has 0 aliphatic heterocycles. The number of benzene rings is 1. The first-order valence-electron chi connectivity index (χ1n) is 9.91. The minimum absolute atomic E-state index is 0.397. The SMILES string of the molecule is C[C@H](C1CCCC1P(c1ccc(C(F)(F)F)cc1)C1CCCC1)N(C)C. The highest BCUT2D eigenvalue weighted by Crippen LogP contribution is 2.58. The zero-order valence-electron chi connectivity index (χ0n) is 16.1. The Kier molecular flexibility index (Phi) is 6.34. The summed E-state index contributed by atoms with van der Waals surface area (Å²) in [5.74, 6) is 0.666. The van der Waals surface area contributed by atoms with Gasteiger partial charge < -0.3 is 4.90 Å². The Balaban J connectivity index is 1.90. The van der Waals surface area contributed by atoms with Crippen LogP contribution in [0.15, 0.2) is 24.3 Å². The lowest BCUT2D eigenvalue weighted by Gasteiger charge is -2.38. The monoisotopic (exact) mass is 385 g/mol. The van der Waals surface area contributed by atoms with Crippen LogP contribution in [0.2, 0.25) is 0 Å². The molecule has 2 aliphatic rings. The predicted molar refractivity (Wildman–Crippen MR) is 105 cm³/mol. The fourth-order valence-corrected chi connectivity index (χ4v) is 8.97. The maximum atomic E-state index is 13.0. The maximum Gasteiger partial charge on any atom is 0.416 e. The summed E-state index contributed by atoms with van der Waals surface area (Å²) in [7, 11) is 3.90. The highest BCUT2D eigenvalue weighted by Gasteiger charge is 2.41. The Hall–Kier alpha value is -0.600. The van der Waals surface area contributed by atoms with Gasteiger partial charge in [-0.1, -0.05) is 39.3 Å². The van der Waals surface area contributed by atoms with Crippen LogP contribution in [0, 0.1) is 5.92 Å². The van der Waals surface area contributed by atoms with Crippen LogP contribution in [-0.2, 0) is 6.18 Å². The lowest BCUT2D eigenvalue weighted by Crippen LogP contribution is -2.38. The summed E-state index contributed by atoms with van der Waals surface area (Å²) in [5.41, 5.74) is 0.830. The fraction of sp³-hybridized carbons (Fsp3) is 0.714. The molecule has 0 saturated heterocycles. The molecule has 3 rings (SSSR count). The third-order valence-corrected chi connectivity index (χ3v) is 10.1. The van der Waals surface area contributed by atoms with Crippen molar-refractivity contribution in [3.63, 3.8) is 0 Å². The molecule has 0 radical (unpaired) electrons. The third-order valence-electron chi connectivity index (χ3n) is 6.53. The van der Waals surface area contributed by atoms with Crippen molar-refractivity contribution >= 4 is 13.2 Å². The molecule has 2 saturated carbocycles. The van der Waals surface area contributed by atoms with Crippen LogP contribution in [0.25, 0.3) is 0 Å². The molecule has 1 nitrogen and oxygen atoms in total. The molecule has 5 heteroatoms. The van der Waals surface area contributed by atoms with Crippen LogP contribution in [0.3, 0.4) is 0 Å². The normalized spacial score (nSPS) is 27.2. The topological polar surface area (TPSA) is 3.24 Å². The van der Waals surface area contributed by atoms with E-state index in [0.29, 0.717) is 23.3 Å². The molecule has 4 atom stereocenters. The fourth-order valence-electron chi connectivity index (χ4n) is 4.94. The summed E-state index contributed by atoms with van der Waals surface area (Å²) in [5, 5.41) is 1.20. The van der Waals surface area contributed by atoms with E-state index in [9.17, 15) is 13.2 Å². The molecule has 26 heavy (non-hydrogen) atoms. The first kappa shape index (κ1) is 20.1. The summed E-state index contributed by atoms with van der Waals surface area (Å²) >= 11 is 0. The van der Waals surface area contributed by atoms with Crippen molar-refractivity contribution in [3.05, 3.63) is 29.8 Å². The molecular formula is C21H31F3NP. The summed E-state index contributed by atoms with van der Waals surface area (Å²) < 4.78 is 38.9. The van der Waals surface area contributed by atoms with Crippen LogP contribution in [0.4, 0.5) is 13.2 Å². The molecule has 0 spiro atoms. The first-order valence-corrected chi connectivity index (χ1v) is 11.4. The van der Waals surface area contributed by atoms with Crippen LogP contribution in [0.5, 0.6) is 0 Å². The average molecular weight is 385 g/mol. The Morgan fingerprint density at radius 1 is 0.962 bits per heavy atom. The van der Waals surface area contributed by atoms with Gasteiger partial charge in [-0.25, -0.2) is 0 Å². The van der Waals surface area contributed by atoms with E-state index in [1.165, 1.54) is 62.4 Å². The van der Waals surface area contributed by atoms with Crippen molar-refractivity contribution < 1.29 is 13.2 Å². The number of nitrogens with zero attached hydrogens (tertiary/aromatic N) is 1.